The lowest BCUT2D eigenvalue weighted by Crippen LogP contribution is -3.17. The fourth-order valence-corrected chi connectivity index (χ4v) is 4.49. The van der Waals surface area contributed by atoms with Crippen molar-refractivity contribution in [1.29, 1.82) is 0 Å². The molecule has 2 fully saturated rings. The highest BCUT2D eigenvalue weighted by Gasteiger charge is 2.45. The van der Waals surface area contributed by atoms with Crippen molar-refractivity contribution < 1.29 is 23.6 Å². The molecule has 152 valence electrons. The van der Waals surface area contributed by atoms with Crippen LogP contribution >= 0.6 is 0 Å². The van der Waals surface area contributed by atoms with Crippen LogP contribution in [0.2, 0.25) is 0 Å². The number of benzene rings is 2. The molecule has 2 aliphatic rings. The lowest BCUT2D eigenvalue weighted by Gasteiger charge is -2.32. The van der Waals surface area contributed by atoms with E-state index in [1.165, 1.54) is 21.9 Å². The van der Waals surface area contributed by atoms with Gasteiger partial charge in [0.2, 0.25) is 5.91 Å². The van der Waals surface area contributed by atoms with E-state index in [1.807, 2.05) is 36.4 Å². The van der Waals surface area contributed by atoms with Crippen LogP contribution in [0.25, 0.3) is 0 Å². The van der Waals surface area contributed by atoms with Crippen molar-refractivity contribution in [3.05, 3.63) is 65.5 Å². The number of imide groups is 1. The number of nitrogens with zero attached hydrogens (tertiary/aromatic N) is 1. The number of carbonyl (C=O) groups excluding carboxylic acids is 2. The fraction of sp³-hybridized carbons (Fsp3) is 0.391. The van der Waals surface area contributed by atoms with Crippen molar-refractivity contribution in [3.63, 3.8) is 0 Å². The molecule has 2 amide bonds. The molecule has 2 heterocycles. The molecule has 0 spiro atoms. The zero-order valence-corrected chi connectivity index (χ0v) is 16.6. The van der Waals surface area contributed by atoms with Gasteiger partial charge in [0.05, 0.1) is 33.2 Å². The molecule has 29 heavy (non-hydrogen) atoms. The molecular formula is C23H26FN2O3+. The second kappa shape index (κ2) is 8.33. The third-order valence-corrected chi connectivity index (χ3v) is 6.21. The summed E-state index contributed by atoms with van der Waals surface area (Å²) in [7, 11) is 1.61. The first-order chi connectivity index (χ1) is 14.0. The first kappa shape index (κ1) is 19.6. The Bertz CT molecular complexity index is 874. The quantitative estimate of drug-likeness (QED) is 0.785. The number of ether oxygens (including phenoxy) is 1. The Morgan fingerprint density at radius 2 is 1.69 bits per heavy atom. The number of carbonyl (C=O) groups is 2. The van der Waals surface area contributed by atoms with Crippen LogP contribution in [-0.4, -0.2) is 43.0 Å². The number of hydrogen-bond acceptors (Lipinski definition) is 3. The van der Waals surface area contributed by atoms with Gasteiger partial charge in [-0.2, -0.15) is 0 Å². The van der Waals surface area contributed by atoms with Gasteiger partial charge in [-0.25, -0.2) is 4.39 Å². The monoisotopic (exact) mass is 397 g/mol. The standard InChI is InChI=1S/C23H25FN2O3/c1-29-20-8-2-16(3-9-20)15-26-22(27)14-21(23(26)28)25-12-10-18(11-13-25)17-4-6-19(24)7-5-17/h2-9,18,21H,10-15H2,1H3/p+1/t21-/m1/s1. The predicted molar refractivity (Wildman–Crippen MR) is 106 cm³/mol. The highest BCUT2D eigenvalue weighted by Crippen LogP contribution is 2.25. The third kappa shape index (κ3) is 4.17. The molecule has 2 saturated heterocycles. The van der Waals surface area contributed by atoms with Crippen molar-refractivity contribution in [1.82, 2.24) is 4.90 Å². The molecule has 1 N–H and O–H groups in total. The number of likely N-dealkylation sites (tertiary alicyclic amines) is 2. The maximum atomic E-state index is 13.1. The summed E-state index contributed by atoms with van der Waals surface area (Å²) in [6.07, 6.45) is 2.17. The molecule has 5 nitrogen and oxygen atoms in total. The first-order valence-electron chi connectivity index (χ1n) is 10.1. The van der Waals surface area contributed by atoms with Crippen LogP contribution in [-0.2, 0) is 16.1 Å². The van der Waals surface area contributed by atoms with E-state index >= 15 is 0 Å². The second-order valence-electron chi connectivity index (χ2n) is 7.91. The van der Waals surface area contributed by atoms with Gasteiger partial charge in [-0.05, 0) is 41.3 Å². The van der Waals surface area contributed by atoms with Crippen LogP contribution in [0.4, 0.5) is 4.39 Å². The van der Waals surface area contributed by atoms with Crippen LogP contribution in [0.15, 0.2) is 48.5 Å². The van der Waals surface area contributed by atoms with Crippen molar-refractivity contribution >= 4 is 11.8 Å². The second-order valence-corrected chi connectivity index (χ2v) is 7.91. The highest BCUT2D eigenvalue weighted by molar-refractivity contribution is 6.04. The largest absolute Gasteiger partial charge is 0.497 e. The van der Waals surface area contributed by atoms with Crippen molar-refractivity contribution in [3.8, 4) is 5.75 Å². The molecule has 1 atom stereocenters. The average Bonchev–Trinajstić information content (AvgIpc) is 3.03. The number of hydrogen-bond donors (Lipinski definition) is 1. The van der Waals surface area contributed by atoms with Gasteiger partial charge in [0.15, 0.2) is 6.04 Å². The molecule has 2 aromatic rings. The number of halogens is 1. The molecule has 0 aromatic heterocycles. The molecule has 0 bridgehead atoms. The number of methoxy groups -OCH3 is 1. The van der Waals surface area contributed by atoms with Gasteiger partial charge in [-0.1, -0.05) is 24.3 Å². The van der Waals surface area contributed by atoms with E-state index in [1.54, 1.807) is 7.11 Å². The van der Waals surface area contributed by atoms with Crippen molar-refractivity contribution in [2.45, 2.75) is 37.8 Å². The van der Waals surface area contributed by atoms with E-state index in [0.29, 0.717) is 12.5 Å². The maximum absolute atomic E-state index is 13.1. The van der Waals surface area contributed by atoms with E-state index in [4.69, 9.17) is 4.74 Å². The minimum atomic E-state index is -0.282. The van der Waals surface area contributed by atoms with Gasteiger partial charge >= 0.3 is 0 Å². The van der Waals surface area contributed by atoms with Gasteiger partial charge in [0.1, 0.15) is 11.6 Å². The fourth-order valence-electron chi connectivity index (χ4n) is 4.49. The number of piperidine rings is 1. The lowest BCUT2D eigenvalue weighted by atomic mass is 9.89. The Morgan fingerprint density at radius 3 is 2.31 bits per heavy atom. The summed E-state index contributed by atoms with van der Waals surface area (Å²) >= 11 is 0. The zero-order valence-electron chi connectivity index (χ0n) is 16.6. The van der Waals surface area contributed by atoms with E-state index in [-0.39, 0.29) is 30.1 Å². The summed E-state index contributed by atoms with van der Waals surface area (Å²) in [5, 5.41) is 0. The Morgan fingerprint density at radius 1 is 1.03 bits per heavy atom. The Hall–Kier alpha value is -2.73. The average molecular weight is 397 g/mol. The lowest BCUT2D eigenvalue weighted by molar-refractivity contribution is -0.920. The minimum Gasteiger partial charge on any atom is -0.497 e. The van der Waals surface area contributed by atoms with Gasteiger partial charge in [0.25, 0.3) is 5.91 Å². The minimum absolute atomic E-state index is 0.0685. The van der Waals surface area contributed by atoms with E-state index in [9.17, 15) is 14.0 Å². The topological polar surface area (TPSA) is 51.0 Å². The molecule has 2 aromatic carbocycles. The van der Waals surface area contributed by atoms with Crippen molar-refractivity contribution in [2.24, 2.45) is 0 Å². The number of nitrogens with one attached hydrogen (secondary N) is 1. The molecule has 0 unspecified atom stereocenters. The number of amides is 2. The maximum Gasteiger partial charge on any atom is 0.288 e. The van der Waals surface area contributed by atoms with Crippen LogP contribution in [0, 0.1) is 5.82 Å². The molecule has 4 rings (SSSR count). The molecule has 6 heteroatoms. The molecule has 0 radical (unpaired) electrons. The Balaban J connectivity index is 1.36. The summed E-state index contributed by atoms with van der Waals surface area (Å²) in [4.78, 5) is 28.1. The van der Waals surface area contributed by atoms with E-state index in [0.717, 1.165) is 42.8 Å². The van der Waals surface area contributed by atoms with Gasteiger partial charge < -0.3 is 9.64 Å². The molecule has 0 aliphatic carbocycles. The predicted octanol–water partition coefficient (Wildman–Crippen LogP) is 1.92. The number of quaternary nitrogens is 1. The zero-order chi connectivity index (χ0) is 20.4. The highest BCUT2D eigenvalue weighted by atomic mass is 19.1. The van der Waals surface area contributed by atoms with E-state index < -0.39 is 0 Å². The van der Waals surface area contributed by atoms with Crippen LogP contribution in [0.3, 0.4) is 0 Å². The van der Waals surface area contributed by atoms with Gasteiger partial charge in [-0.15, -0.1) is 0 Å². The summed E-state index contributed by atoms with van der Waals surface area (Å²) in [6.45, 7) is 2.01. The van der Waals surface area contributed by atoms with Crippen LogP contribution < -0.4 is 9.64 Å². The van der Waals surface area contributed by atoms with E-state index in [2.05, 4.69) is 0 Å². The summed E-state index contributed by atoms with van der Waals surface area (Å²) in [6, 6.07) is 13.9. The number of rotatable bonds is 5. The first-order valence-corrected chi connectivity index (χ1v) is 10.1. The smallest absolute Gasteiger partial charge is 0.288 e. The summed E-state index contributed by atoms with van der Waals surface area (Å²) in [5.74, 6) is 0.759. The van der Waals surface area contributed by atoms with Crippen LogP contribution in [0.5, 0.6) is 5.75 Å². The SMILES string of the molecule is COc1ccc(CN2C(=O)C[C@@H]([NH+]3CCC(c4ccc(F)cc4)CC3)C2=O)cc1. The summed E-state index contributed by atoms with van der Waals surface area (Å²) < 4.78 is 18.3. The Kier molecular flexibility index (Phi) is 5.62. The molecular weight excluding hydrogens is 371 g/mol. The van der Waals surface area contributed by atoms with Gasteiger partial charge in [0, 0.05) is 12.8 Å². The van der Waals surface area contributed by atoms with Gasteiger partial charge in [-0.3, -0.25) is 14.5 Å². The van der Waals surface area contributed by atoms with Crippen LogP contribution in [0.1, 0.15) is 36.3 Å². The normalized spacial score (nSPS) is 24.8. The third-order valence-electron chi connectivity index (χ3n) is 6.21. The van der Waals surface area contributed by atoms with Crippen molar-refractivity contribution in [2.75, 3.05) is 20.2 Å². The molecule has 2 aliphatic heterocycles. The Labute approximate surface area is 170 Å². The summed E-state index contributed by atoms with van der Waals surface area (Å²) in [5.41, 5.74) is 2.07. The molecule has 0 saturated carbocycles.